The van der Waals surface area contributed by atoms with E-state index in [2.05, 4.69) is 47.1 Å². The van der Waals surface area contributed by atoms with Crippen molar-refractivity contribution in [1.29, 1.82) is 0 Å². The van der Waals surface area contributed by atoms with E-state index in [0.717, 1.165) is 32.4 Å². The largest absolute Gasteiger partial charge is 0.395 e. The molecule has 2 aliphatic carbocycles. The monoisotopic (exact) mass is 410 g/mol. The van der Waals surface area contributed by atoms with Crippen molar-refractivity contribution in [2.24, 2.45) is 0 Å². The van der Waals surface area contributed by atoms with Crippen LogP contribution in [0.4, 0.5) is 0 Å². The van der Waals surface area contributed by atoms with E-state index in [9.17, 15) is 9.90 Å². The van der Waals surface area contributed by atoms with Gasteiger partial charge < -0.3 is 10.0 Å². The normalized spacial score (nSPS) is 27.2. The zero-order valence-corrected chi connectivity index (χ0v) is 18.7. The van der Waals surface area contributed by atoms with Gasteiger partial charge in [0.15, 0.2) is 0 Å². The molecule has 1 aliphatic heterocycles. The van der Waals surface area contributed by atoms with E-state index in [0.29, 0.717) is 12.1 Å². The zero-order chi connectivity index (χ0) is 21.1. The zero-order valence-electron chi connectivity index (χ0n) is 18.7. The van der Waals surface area contributed by atoms with Crippen LogP contribution in [0.1, 0.15) is 82.3 Å². The SMILES string of the molecule is CCCN1[C@H](CO)[C@H](c2ccc(C3=CCCC3)cc2)[C@H]1CN(C(C)=O)C1CCCC1. The number of rotatable bonds is 8. The van der Waals surface area contributed by atoms with E-state index in [-0.39, 0.29) is 24.5 Å². The van der Waals surface area contributed by atoms with E-state index >= 15 is 0 Å². The van der Waals surface area contributed by atoms with Crippen LogP contribution in [-0.4, -0.2) is 58.6 Å². The van der Waals surface area contributed by atoms with Gasteiger partial charge in [-0.2, -0.15) is 0 Å². The molecule has 1 heterocycles. The van der Waals surface area contributed by atoms with Crippen molar-refractivity contribution in [3.63, 3.8) is 0 Å². The number of hydrogen-bond acceptors (Lipinski definition) is 3. The van der Waals surface area contributed by atoms with Gasteiger partial charge in [0.25, 0.3) is 0 Å². The average molecular weight is 411 g/mol. The van der Waals surface area contributed by atoms with Crippen LogP contribution in [0.15, 0.2) is 30.3 Å². The first-order chi connectivity index (χ1) is 14.6. The summed E-state index contributed by atoms with van der Waals surface area (Å²) in [5, 5.41) is 10.2. The average Bonchev–Trinajstić information content (AvgIpc) is 3.45. The van der Waals surface area contributed by atoms with E-state index in [4.69, 9.17) is 0 Å². The van der Waals surface area contributed by atoms with Gasteiger partial charge in [-0.05, 0) is 61.8 Å². The van der Waals surface area contributed by atoms with Crippen molar-refractivity contribution < 1.29 is 9.90 Å². The van der Waals surface area contributed by atoms with Crippen molar-refractivity contribution in [3.05, 3.63) is 41.5 Å². The number of carbonyl (C=O) groups is 1. The molecule has 0 aromatic heterocycles. The number of amides is 1. The van der Waals surface area contributed by atoms with Crippen LogP contribution in [-0.2, 0) is 4.79 Å². The van der Waals surface area contributed by atoms with Crippen molar-refractivity contribution >= 4 is 11.5 Å². The molecule has 0 unspecified atom stereocenters. The summed E-state index contributed by atoms with van der Waals surface area (Å²) in [6.45, 7) is 5.87. The number of nitrogens with zero attached hydrogens (tertiary/aromatic N) is 2. The summed E-state index contributed by atoms with van der Waals surface area (Å²) >= 11 is 0. The van der Waals surface area contributed by atoms with E-state index in [1.54, 1.807) is 6.92 Å². The smallest absolute Gasteiger partial charge is 0.219 e. The number of carbonyl (C=O) groups excluding carboxylic acids is 1. The molecule has 1 saturated heterocycles. The second kappa shape index (κ2) is 9.65. The Morgan fingerprint density at radius 3 is 2.43 bits per heavy atom. The molecule has 3 atom stereocenters. The molecule has 4 heteroatoms. The van der Waals surface area contributed by atoms with Crippen LogP contribution < -0.4 is 0 Å². The van der Waals surface area contributed by atoms with Gasteiger partial charge in [0.05, 0.1) is 6.61 Å². The Balaban J connectivity index is 1.56. The maximum Gasteiger partial charge on any atom is 0.219 e. The standard InChI is InChI=1S/C26H38N2O2/c1-3-16-27-24(17-28(19(2)30)23-10-6-7-11-23)26(25(27)18-29)22-14-12-21(13-15-22)20-8-4-5-9-20/h8,12-15,23-26,29H,3-7,9-11,16-18H2,1-2H3/t24-,25-,26-/m1/s1. The summed E-state index contributed by atoms with van der Waals surface area (Å²) in [5.41, 5.74) is 4.13. The van der Waals surface area contributed by atoms with Crippen molar-refractivity contribution in [3.8, 4) is 0 Å². The van der Waals surface area contributed by atoms with E-state index < -0.39 is 0 Å². The number of hydrogen-bond donors (Lipinski definition) is 1. The summed E-state index contributed by atoms with van der Waals surface area (Å²) in [6.07, 6.45) is 11.8. The molecule has 0 radical (unpaired) electrons. The lowest BCUT2D eigenvalue weighted by molar-refractivity contribution is -0.135. The molecule has 1 saturated carbocycles. The van der Waals surface area contributed by atoms with Gasteiger partial charge in [0, 0.05) is 37.5 Å². The topological polar surface area (TPSA) is 43.8 Å². The highest BCUT2D eigenvalue weighted by atomic mass is 16.3. The van der Waals surface area contributed by atoms with E-state index in [1.165, 1.54) is 48.8 Å². The Bertz CT molecular complexity index is 751. The summed E-state index contributed by atoms with van der Waals surface area (Å²) in [6, 6.07) is 9.92. The van der Waals surface area contributed by atoms with Crippen molar-refractivity contribution in [2.75, 3.05) is 19.7 Å². The Kier molecular flexibility index (Phi) is 6.94. The second-order valence-corrected chi connectivity index (χ2v) is 9.43. The van der Waals surface area contributed by atoms with Crippen LogP contribution in [0.25, 0.3) is 5.57 Å². The van der Waals surface area contributed by atoms with Gasteiger partial charge in [-0.1, -0.05) is 50.1 Å². The molecule has 164 valence electrons. The molecular weight excluding hydrogens is 372 g/mol. The number of likely N-dealkylation sites (tertiary alicyclic amines) is 1. The lowest BCUT2D eigenvalue weighted by atomic mass is 9.74. The van der Waals surface area contributed by atoms with Gasteiger partial charge >= 0.3 is 0 Å². The third-order valence-electron chi connectivity index (χ3n) is 7.61. The minimum absolute atomic E-state index is 0.156. The molecule has 2 fully saturated rings. The molecule has 4 nitrogen and oxygen atoms in total. The lowest BCUT2D eigenvalue weighted by Gasteiger charge is -2.56. The lowest BCUT2D eigenvalue weighted by Crippen LogP contribution is -2.67. The first-order valence-electron chi connectivity index (χ1n) is 12.1. The van der Waals surface area contributed by atoms with Crippen LogP contribution in [0.5, 0.6) is 0 Å². The number of benzene rings is 1. The molecule has 0 spiro atoms. The van der Waals surface area contributed by atoms with Crippen LogP contribution in [0.2, 0.25) is 0 Å². The van der Waals surface area contributed by atoms with Crippen LogP contribution in [0.3, 0.4) is 0 Å². The molecule has 1 aromatic rings. The summed E-state index contributed by atoms with van der Waals surface area (Å²) in [7, 11) is 0. The van der Waals surface area contributed by atoms with Gasteiger partial charge in [-0.3, -0.25) is 9.69 Å². The van der Waals surface area contributed by atoms with Gasteiger partial charge in [-0.15, -0.1) is 0 Å². The second-order valence-electron chi connectivity index (χ2n) is 9.43. The molecule has 4 rings (SSSR count). The Hall–Kier alpha value is -1.65. The minimum Gasteiger partial charge on any atom is -0.395 e. The van der Waals surface area contributed by atoms with Gasteiger partial charge in [-0.25, -0.2) is 0 Å². The molecular formula is C26H38N2O2. The highest BCUT2D eigenvalue weighted by Crippen LogP contribution is 2.42. The van der Waals surface area contributed by atoms with Crippen molar-refractivity contribution in [2.45, 2.75) is 89.3 Å². The summed E-state index contributed by atoms with van der Waals surface area (Å²) < 4.78 is 0. The quantitative estimate of drug-likeness (QED) is 0.682. The van der Waals surface area contributed by atoms with Crippen LogP contribution >= 0.6 is 0 Å². The summed E-state index contributed by atoms with van der Waals surface area (Å²) in [4.78, 5) is 17.1. The molecule has 0 bridgehead atoms. The highest BCUT2D eigenvalue weighted by Gasteiger charge is 2.49. The number of allylic oxidation sites excluding steroid dienone is 2. The fraction of sp³-hybridized carbons (Fsp3) is 0.654. The molecule has 1 N–H and O–H groups in total. The Morgan fingerprint density at radius 2 is 1.87 bits per heavy atom. The third-order valence-corrected chi connectivity index (χ3v) is 7.61. The fourth-order valence-corrected chi connectivity index (χ4v) is 6.09. The predicted molar refractivity (Wildman–Crippen MR) is 122 cm³/mol. The predicted octanol–water partition coefficient (Wildman–Crippen LogP) is 4.58. The minimum atomic E-state index is 0.156. The first kappa shape index (κ1) is 21.6. The summed E-state index contributed by atoms with van der Waals surface area (Å²) in [5.74, 6) is 0.490. The van der Waals surface area contributed by atoms with Gasteiger partial charge in [0.1, 0.15) is 0 Å². The van der Waals surface area contributed by atoms with Gasteiger partial charge in [0.2, 0.25) is 5.91 Å². The first-order valence-corrected chi connectivity index (χ1v) is 12.1. The molecule has 1 amide bonds. The fourth-order valence-electron chi connectivity index (χ4n) is 6.09. The maximum absolute atomic E-state index is 12.5. The Morgan fingerprint density at radius 1 is 1.13 bits per heavy atom. The third kappa shape index (κ3) is 4.22. The van der Waals surface area contributed by atoms with Crippen molar-refractivity contribution in [1.82, 2.24) is 9.80 Å². The van der Waals surface area contributed by atoms with E-state index in [1.807, 2.05) is 0 Å². The number of aliphatic hydroxyl groups is 1. The Labute approximate surface area is 181 Å². The molecule has 30 heavy (non-hydrogen) atoms. The van der Waals surface area contributed by atoms with Crippen LogP contribution in [0, 0.1) is 0 Å². The molecule has 1 aromatic carbocycles. The molecule has 3 aliphatic rings. The highest BCUT2D eigenvalue weighted by molar-refractivity contribution is 5.73. The maximum atomic E-state index is 12.5. The number of aliphatic hydroxyl groups excluding tert-OH is 1.